The second-order valence-electron chi connectivity index (χ2n) is 6.04. The van der Waals surface area contributed by atoms with Crippen LogP contribution in [-0.2, 0) is 20.4 Å². The first kappa shape index (κ1) is 50.4. The normalized spacial score (nSPS) is 19.8. The average Bonchev–Trinajstić information content (AvgIpc) is 2.91. The monoisotopic (exact) mass is 838 g/mol. The van der Waals surface area contributed by atoms with E-state index >= 15 is 0 Å². The molecule has 0 saturated carbocycles. The summed E-state index contributed by atoms with van der Waals surface area (Å²) in [5, 5.41) is 14.6. The van der Waals surface area contributed by atoms with Crippen molar-refractivity contribution in [2.45, 2.75) is 13.8 Å². The van der Waals surface area contributed by atoms with Crippen molar-refractivity contribution in [3.63, 3.8) is 0 Å². The fourth-order valence-electron chi connectivity index (χ4n) is 1.32. The third kappa shape index (κ3) is 145. The zero-order valence-electron chi connectivity index (χ0n) is 20.6. The van der Waals surface area contributed by atoms with Crippen molar-refractivity contribution < 1.29 is 70.8 Å². The number of nitriles is 2. The Balaban J connectivity index is -0.000000123. The van der Waals surface area contributed by atoms with Crippen LogP contribution in [-0.4, -0.2) is 69.0 Å². The number of thioether (sulfide) groups is 6. The molecule has 0 aromatic heterocycles. The summed E-state index contributed by atoms with van der Waals surface area (Å²) in [6, 6.07) is 3.50. The molecule has 0 unspecified atom stereocenters. The minimum Gasteiger partial charge on any atom is 2.00 e. The molecule has 0 aliphatic carbocycles. The Morgan fingerprint density at radius 3 is 0.487 bits per heavy atom. The summed E-state index contributed by atoms with van der Waals surface area (Å²) >= 11 is 12.6. The van der Waals surface area contributed by atoms with E-state index < -0.39 is 15.6 Å². The molecule has 0 aromatic rings. The van der Waals surface area contributed by atoms with Gasteiger partial charge in [-0.1, -0.05) is 0 Å². The summed E-state index contributed by atoms with van der Waals surface area (Å²) < 4.78 is 118. The maximum absolute atomic E-state index is 10.7. The largest absolute Gasteiger partial charge is 2.00 e. The molecular weight excluding hydrogens is 809 g/mol. The van der Waals surface area contributed by atoms with Crippen molar-refractivity contribution in [3.8, 4) is 12.1 Å². The second kappa shape index (κ2) is 22.3. The third-order valence-electron chi connectivity index (χ3n) is 2.23. The van der Waals surface area contributed by atoms with Gasteiger partial charge in [-0.05, 0) is 0 Å². The standard InChI is InChI=1S/2C6H12S3.2C2H3N.2F6P.Pd/c2*1-2-8-5-6-9-4-3-7-1;2*1-2-3;2*1-7(2,3,4,5)6;/h2*1-6H2;2*1H3;;;/q;;;;2*-1;+2. The van der Waals surface area contributed by atoms with Crippen molar-refractivity contribution in [1.82, 2.24) is 0 Å². The SMILES string of the molecule is C1CSCCSCCS1.C1CSCCSCCS1.CC#N.CC#N.F[P-](F)(F)(F)(F)F.F[P-](F)(F)(F)(F)F.[Pd+2]. The van der Waals surface area contributed by atoms with Crippen LogP contribution in [0.2, 0.25) is 0 Å². The second-order valence-corrected chi connectivity index (χ2v) is 17.2. The summed E-state index contributed by atoms with van der Waals surface area (Å²) in [4.78, 5) is 0. The first-order chi connectivity index (χ1) is 16.7. The number of rotatable bonds is 0. The van der Waals surface area contributed by atoms with Gasteiger partial charge in [0.25, 0.3) is 0 Å². The topological polar surface area (TPSA) is 47.6 Å². The molecule has 2 nitrogen and oxygen atoms in total. The van der Waals surface area contributed by atoms with Gasteiger partial charge >= 0.3 is 86.4 Å². The Morgan fingerprint density at radius 2 is 0.436 bits per heavy atom. The van der Waals surface area contributed by atoms with E-state index in [0.29, 0.717) is 0 Å². The van der Waals surface area contributed by atoms with E-state index in [9.17, 15) is 50.4 Å². The average molecular weight is 839 g/mol. The Kier molecular flexibility index (Phi) is 28.8. The third-order valence-corrected chi connectivity index (χ3v) is 9.70. The quantitative estimate of drug-likeness (QED) is 0.136. The molecule has 23 heteroatoms. The summed E-state index contributed by atoms with van der Waals surface area (Å²) in [6.07, 6.45) is 0. The maximum Gasteiger partial charge on any atom is 2.00 e. The van der Waals surface area contributed by atoms with Gasteiger partial charge in [-0.25, -0.2) is 0 Å². The molecule has 0 N–H and O–H groups in total. The van der Waals surface area contributed by atoms with Crippen LogP contribution < -0.4 is 0 Å². The van der Waals surface area contributed by atoms with Crippen molar-refractivity contribution >= 4 is 86.2 Å². The van der Waals surface area contributed by atoms with E-state index in [-0.39, 0.29) is 20.4 Å². The van der Waals surface area contributed by atoms with E-state index in [2.05, 4.69) is 70.6 Å². The predicted octanol–water partition coefficient (Wildman–Crippen LogP) is 12.2. The summed E-state index contributed by atoms with van der Waals surface area (Å²) in [5.74, 6) is 16.4. The van der Waals surface area contributed by atoms with Crippen molar-refractivity contribution in [3.05, 3.63) is 0 Å². The Bertz CT molecular complexity index is 535. The molecule has 0 spiro atoms. The van der Waals surface area contributed by atoms with Gasteiger partial charge in [-0.3, -0.25) is 0 Å². The van der Waals surface area contributed by atoms with E-state index in [1.807, 2.05) is 0 Å². The summed E-state index contributed by atoms with van der Waals surface area (Å²) in [6.45, 7) is 2.86. The van der Waals surface area contributed by atoms with Crippen molar-refractivity contribution in [2.24, 2.45) is 0 Å². The smallest absolute Gasteiger partial charge is 2.00 e. The fraction of sp³-hybridized carbons (Fsp3) is 0.875. The van der Waals surface area contributed by atoms with Crippen molar-refractivity contribution in [2.75, 3.05) is 69.0 Å². The van der Waals surface area contributed by atoms with Gasteiger partial charge in [0.2, 0.25) is 0 Å². The van der Waals surface area contributed by atoms with Gasteiger partial charge in [0.05, 0.1) is 12.1 Å². The molecule has 0 amide bonds. The first-order valence-corrected chi connectivity index (χ1v) is 20.9. The Hall–Kier alpha value is 1.76. The molecule has 2 heterocycles. The van der Waals surface area contributed by atoms with Crippen LogP contribution >= 0.6 is 86.2 Å². The molecule has 0 aromatic carbocycles. The van der Waals surface area contributed by atoms with Crippen LogP contribution in [0, 0.1) is 22.7 Å². The van der Waals surface area contributed by atoms with Crippen LogP contribution in [0.5, 0.6) is 0 Å². The molecule has 2 rings (SSSR count). The van der Waals surface area contributed by atoms with E-state index in [4.69, 9.17) is 10.5 Å². The fourth-order valence-corrected chi connectivity index (χ4v) is 8.20. The number of hydrogen-bond donors (Lipinski definition) is 0. The molecular formula is C16H30F12N2P2PdS6. The Labute approximate surface area is 260 Å². The zero-order valence-corrected chi connectivity index (χ0v) is 28.8. The zero-order chi connectivity index (χ0) is 31.0. The van der Waals surface area contributed by atoms with Crippen LogP contribution in [0.1, 0.15) is 13.8 Å². The van der Waals surface area contributed by atoms with Gasteiger partial charge in [0, 0.05) is 82.9 Å². The van der Waals surface area contributed by atoms with Gasteiger partial charge < -0.3 is 0 Å². The van der Waals surface area contributed by atoms with Gasteiger partial charge in [-0.2, -0.15) is 81.1 Å². The molecule has 244 valence electrons. The number of nitrogens with zero attached hydrogens (tertiary/aromatic N) is 2. The van der Waals surface area contributed by atoms with Crippen LogP contribution in [0.3, 0.4) is 0 Å². The van der Waals surface area contributed by atoms with E-state index in [1.54, 1.807) is 12.1 Å². The molecule has 2 saturated heterocycles. The molecule has 2 fully saturated rings. The van der Waals surface area contributed by atoms with E-state index in [1.165, 1.54) is 82.9 Å². The van der Waals surface area contributed by atoms with Crippen molar-refractivity contribution in [1.29, 1.82) is 10.5 Å². The van der Waals surface area contributed by atoms with Crippen LogP contribution in [0.15, 0.2) is 0 Å². The minimum absolute atomic E-state index is 0. The molecule has 0 radical (unpaired) electrons. The molecule has 0 atom stereocenters. The van der Waals surface area contributed by atoms with Gasteiger partial charge in [0.15, 0.2) is 0 Å². The van der Waals surface area contributed by atoms with Crippen LogP contribution in [0.4, 0.5) is 50.4 Å². The number of halogens is 12. The van der Waals surface area contributed by atoms with Gasteiger partial charge in [-0.15, -0.1) is 0 Å². The van der Waals surface area contributed by atoms with Crippen LogP contribution in [0.25, 0.3) is 0 Å². The molecule has 0 bridgehead atoms. The Morgan fingerprint density at radius 1 is 0.385 bits per heavy atom. The summed E-state index contributed by atoms with van der Waals surface area (Å²) in [5.41, 5.74) is 0. The molecule has 2 aliphatic rings. The van der Waals surface area contributed by atoms with Gasteiger partial charge in [0.1, 0.15) is 0 Å². The summed E-state index contributed by atoms with van der Waals surface area (Å²) in [7, 11) is -21.3. The molecule has 39 heavy (non-hydrogen) atoms. The maximum atomic E-state index is 9.87. The first-order valence-electron chi connectivity index (χ1n) is 9.94. The van der Waals surface area contributed by atoms with E-state index in [0.717, 1.165) is 0 Å². The minimum atomic E-state index is -10.7. The molecule has 2 aliphatic heterocycles. The predicted molar refractivity (Wildman–Crippen MR) is 154 cm³/mol. The number of hydrogen-bond acceptors (Lipinski definition) is 8.